The Bertz CT molecular complexity index is 841. The molecule has 1 amide bonds. The Labute approximate surface area is 182 Å². The van der Waals surface area contributed by atoms with Crippen molar-refractivity contribution in [1.29, 1.82) is 0 Å². The lowest BCUT2D eigenvalue weighted by molar-refractivity contribution is -0.127. The fraction of sp³-hybridized carbons (Fsp3) is 0.435. The van der Waals surface area contributed by atoms with E-state index in [1.54, 1.807) is 7.11 Å². The first-order valence-electron chi connectivity index (χ1n) is 10.3. The van der Waals surface area contributed by atoms with Gasteiger partial charge in [-0.1, -0.05) is 38.1 Å². The van der Waals surface area contributed by atoms with E-state index in [2.05, 4.69) is 4.90 Å². The van der Waals surface area contributed by atoms with Crippen LogP contribution in [0.5, 0.6) is 5.75 Å². The summed E-state index contributed by atoms with van der Waals surface area (Å²) in [7, 11) is 1.60. The van der Waals surface area contributed by atoms with Gasteiger partial charge in [0.25, 0.3) is 5.91 Å². The van der Waals surface area contributed by atoms with E-state index in [1.165, 1.54) is 16.7 Å². The minimum atomic E-state index is -1.23. The number of para-hydroxylation sites is 1. The van der Waals surface area contributed by atoms with Crippen molar-refractivity contribution in [3.8, 4) is 5.75 Å². The number of nitrogens with zero attached hydrogens (tertiary/aromatic N) is 2. The van der Waals surface area contributed by atoms with Gasteiger partial charge in [-0.3, -0.25) is 4.79 Å². The average Bonchev–Trinajstić information content (AvgIpc) is 2.88. The summed E-state index contributed by atoms with van der Waals surface area (Å²) in [5.41, 5.74) is 1.57. The normalized spacial score (nSPS) is 20.1. The highest BCUT2D eigenvalue weighted by atomic mass is 32.2. The summed E-state index contributed by atoms with van der Waals surface area (Å²) < 4.78 is 5.22. The topological polar surface area (TPSA) is 73.2 Å². The van der Waals surface area contributed by atoms with Gasteiger partial charge in [0, 0.05) is 11.4 Å². The molecule has 7 heteroatoms. The predicted octanol–water partition coefficient (Wildman–Crippen LogP) is 2.94. The maximum atomic E-state index is 13.3. The number of carbonyl (C=O) groups excluding carboxylic acids is 1. The Morgan fingerprint density at radius 1 is 1.13 bits per heavy atom. The van der Waals surface area contributed by atoms with Crippen LogP contribution in [-0.2, 0) is 4.79 Å². The Kier molecular flexibility index (Phi) is 7.77. The summed E-state index contributed by atoms with van der Waals surface area (Å²) >= 11 is 1.46. The van der Waals surface area contributed by atoms with Gasteiger partial charge >= 0.3 is 0 Å². The number of carbonyl (C=O) groups is 1. The van der Waals surface area contributed by atoms with Crippen LogP contribution >= 0.6 is 11.8 Å². The molecule has 0 saturated carbocycles. The summed E-state index contributed by atoms with van der Waals surface area (Å²) in [5.74, 6) is 0.326. The Morgan fingerprint density at radius 2 is 1.80 bits per heavy atom. The first-order chi connectivity index (χ1) is 14.5. The van der Waals surface area contributed by atoms with Gasteiger partial charge in [0.15, 0.2) is 0 Å². The minimum Gasteiger partial charge on any atom is -0.497 e. The number of aliphatic hydroxyl groups is 2. The molecule has 2 aromatic rings. The van der Waals surface area contributed by atoms with Crippen LogP contribution in [0.25, 0.3) is 0 Å². The van der Waals surface area contributed by atoms with Crippen LogP contribution in [0.1, 0.15) is 24.7 Å². The summed E-state index contributed by atoms with van der Waals surface area (Å²) in [6, 6.07) is 15.0. The van der Waals surface area contributed by atoms with Gasteiger partial charge in [0.05, 0.1) is 30.7 Å². The van der Waals surface area contributed by atoms with Gasteiger partial charge in [-0.2, -0.15) is 0 Å². The van der Waals surface area contributed by atoms with Crippen molar-refractivity contribution in [2.75, 3.05) is 38.2 Å². The second kappa shape index (κ2) is 10.3. The van der Waals surface area contributed by atoms with E-state index in [0.29, 0.717) is 6.54 Å². The summed E-state index contributed by atoms with van der Waals surface area (Å²) in [4.78, 5) is 17.8. The summed E-state index contributed by atoms with van der Waals surface area (Å²) in [6.07, 6.45) is -1.94. The van der Waals surface area contributed by atoms with Gasteiger partial charge in [0.1, 0.15) is 11.9 Å². The van der Waals surface area contributed by atoms with E-state index < -0.39 is 23.4 Å². The molecule has 0 fully saturated rings. The third-order valence-corrected chi connectivity index (χ3v) is 6.80. The van der Waals surface area contributed by atoms with Gasteiger partial charge < -0.3 is 24.7 Å². The number of amides is 1. The molecule has 0 bridgehead atoms. The zero-order valence-corrected chi connectivity index (χ0v) is 18.5. The summed E-state index contributed by atoms with van der Waals surface area (Å²) in [6.45, 7) is 6.36. The lowest BCUT2D eigenvalue weighted by atomic mass is 10.1. The van der Waals surface area contributed by atoms with Crippen molar-refractivity contribution in [1.82, 2.24) is 4.90 Å². The van der Waals surface area contributed by atoms with Crippen molar-refractivity contribution < 1.29 is 19.7 Å². The number of ether oxygens (including phenoxy) is 1. The Balaban J connectivity index is 1.90. The monoisotopic (exact) mass is 430 g/mol. The number of fused-ring (bicyclic) bond motifs is 1. The molecule has 162 valence electrons. The number of benzene rings is 2. The third kappa shape index (κ3) is 4.98. The highest BCUT2D eigenvalue weighted by Crippen LogP contribution is 2.45. The number of β-amino-alcohol motifs (C(OH)–C–C–N with tert-alkyl or cyclic N) is 1. The number of methoxy groups -OCH3 is 1. The van der Waals surface area contributed by atoms with Crippen LogP contribution in [-0.4, -0.2) is 66.5 Å². The Morgan fingerprint density at radius 3 is 2.43 bits per heavy atom. The standard InChI is InChI=1S/C23H30N2O4S/c1-4-24(5-2)14-17(26)15-25-19-8-6-7-9-20(19)30-22(21(27)23(25)28)16-10-12-18(29-3)13-11-16/h6-13,17,21-22,26-27H,4-5,14-15H2,1-3H3/t17?,21-,22+/m1/s1. The van der Waals surface area contributed by atoms with Crippen molar-refractivity contribution >= 4 is 23.4 Å². The predicted molar refractivity (Wildman–Crippen MR) is 120 cm³/mol. The van der Waals surface area contributed by atoms with Gasteiger partial charge in [0.2, 0.25) is 0 Å². The molecule has 0 spiro atoms. The van der Waals surface area contributed by atoms with E-state index >= 15 is 0 Å². The highest BCUT2D eigenvalue weighted by Gasteiger charge is 2.38. The van der Waals surface area contributed by atoms with Crippen molar-refractivity contribution in [2.45, 2.75) is 36.2 Å². The second-order valence-corrected chi connectivity index (χ2v) is 8.50. The quantitative estimate of drug-likeness (QED) is 0.671. The van der Waals surface area contributed by atoms with Gasteiger partial charge in [-0.05, 0) is 42.9 Å². The zero-order chi connectivity index (χ0) is 21.7. The lowest BCUT2D eigenvalue weighted by Gasteiger charge is -2.29. The maximum Gasteiger partial charge on any atom is 0.257 e. The number of rotatable bonds is 8. The third-order valence-electron chi connectivity index (χ3n) is 5.42. The number of hydrogen-bond donors (Lipinski definition) is 2. The molecule has 2 aromatic carbocycles. The molecule has 1 aliphatic heterocycles. The van der Waals surface area contributed by atoms with Gasteiger partial charge in [-0.15, -0.1) is 11.8 Å². The smallest absolute Gasteiger partial charge is 0.257 e. The molecule has 6 nitrogen and oxygen atoms in total. The maximum absolute atomic E-state index is 13.3. The molecule has 3 rings (SSSR count). The van der Waals surface area contributed by atoms with E-state index in [0.717, 1.165) is 35.0 Å². The molecule has 1 heterocycles. The number of likely N-dealkylation sites (N-methyl/N-ethyl adjacent to an activating group) is 1. The lowest BCUT2D eigenvalue weighted by Crippen LogP contribution is -2.46. The SMILES string of the molecule is CCN(CC)CC(O)CN1C(=O)[C@H](O)[C@H](c2ccc(OC)cc2)Sc2ccccc21. The zero-order valence-electron chi connectivity index (χ0n) is 17.7. The first-order valence-corrected chi connectivity index (χ1v) is 11.2. The fourth-order valence-electron chi connectivity index (χ4n) is 3.67. The Hall–Kier alpha value is -2.06. The van der Waals surface area contributed by atoms with E-state index in [1.807, 2.05) is 62.4 Å². The number of thioether (sulfide) groups is 1. The van der Waals surface area contributed by atoms with Crippen LogP contribution in [0.15, 0.2) is 53.4 Å². The number of anilines is 1. The van der Waals surface area contributed by atoms with Crippen LogP contribution in [0, 0.1) is 0 Å². The first kappa shape index (κ1) is 22.6. The second-order valence-electron chi connectivity index (χ2n) is 7.31. The molecular weight excluding hydrogens is 400 g/mol. The fourth-order valence-corrected chi connectivity index (χ4v) is 4.94. The molecule has 0 aromatic heterocycles. The average molecular weight is 431 g/mol. The molecule has 1 aliphatic rings. The van der Waals surface area contributed by atoms with Crippen molar-refractivity contribution in [3.63, 3.8) is 0 Å². The van der Waals surface area contributed by atoms with Crippen LogP contribution in [0.2, 0.25) is 0 Å². The molecular formula is C23H30N2O4S. The molecule has 0 saturated heterocycles. The van der Waals surface area contributed by atoms with Gasteiger partial charge in [-0.25, -0.2) is 0 Å². The van der Waals surface area contributed by atoms with Crippen LogP contribution < -0.4 is 9.64 Å². The number of hydrogen-bond acceptors (Lipinski definition) is 6. The molecule has 2 N–H and O–H groups in total. The van der Waals surface area contributed by atoms with Crippen LogP contribution in [0.3, 0.4) is 0 Å². The van der Waals surface area contributed by atoms with Crippen molar-refractivity contribution in [3.05, 3.63) is 54.1 Å². The van der Waals surface area contributed by atoms with E-state index in [9.17, 15) is 15.0 Å². The minimum absolute atomic E-state index is 0.138. The highest BCUT2D eigenvalue weighted by molar-refractivity contribution is 7.99. The molecule has 30 heavy (non-hydrogen) atoms. The van der Waals surface area contributed by atoms with E-state index in [4.69, 9.17) is 4.74 Å². The van der Waals surface area contributed by atoms with E-state index in [-0.39, 0.29) is 6.54 Å². The largest absolute Gasteiger partial charge is 0.497 e. The number of aliphatic hydroxyl groups excluding tert-OH is 2. The molecule has 3 atom stereocenters. The molecule has 0 aliphatic carbocycles. The van der Waals surface area contributed by atoms with Crippen molar-refractivity contribution in [2.24, 2.45) is 0 Å². The summed E-state index contributed by atoms with van der Waals surface area (Å²) in [5, 5.41) is 21.2. The molecule has 1 unspecified atom stereocenters. The van der Waals surface area contributed by atoms with Crippen LogP contribution in [0.4, 0.5) is 5.69 Å². The molecule has 0 radical (unpaired) electrons.